The van der Waals surface area contributed by atoms with Gasteiger partial charge in [-0.2, -0.15) is 0 Å². The Kier molecular flexibility index (Phi) is 3.69. The Hall–Kier alpha value is -2.08. The van der Waals surface area contributed by atoms with Crippen LogP contribution in [0.3, 0.4) is 0 Å². The molecule has 0 N–H and O–H groups in total. The van der Waals surface area contributed by atoms with Crippen molar-refractivity contribution in [1.82, 2.24) is 14.6 Å². The Morgan fingerprint density at radius 2 is 2.17 bits per heavy atom. The third-order valence-electron chi connectivity index (χ3n) is 4.34. The van der Waals surface area contributed by atoms with Crippen LogP contribution in [0.5, 0.6) is 0 Å². The summed E-state index contributed by atoms with van der Waals surface area (Å²) < 4.78 is 15.6. The molecule has 0 unspecified atom stereocenters. The van der Waals surface area contributed by atoms with E-state index in [1.165, 1.54) is 6.07 Å². The lowest BCUT2D eigenvalue weighted by Gasteiger charge is -2.27. The number of thioether (sulfide) groups is 1. The van der Waals surface area contributed by atoms with Crippen LogP contribution >= 0.6 is 11.8 Å². The monoisotopic (exact) mass is 328 g/mol. The molecule has 1 aromatic carbocycles. The zero-order chi connectivity index (χ0) is 15.8. The van der Waals surface area contributed by atoms with E-state index in [2.05, 4.69) is 15.0 Å². The smallest absolute Gasteiger partial charge is 0.153 e. The first-order chi connectivity index (χ1) is 11.3. The summed E-state index contributed by atoms with van der Waals surface area (Å²) in [5.74, 6) is 0.733. The quantitative estimate of drug-likeness (QED) is 0.682. The summed E-state index contributed by atoms with van der Waals surface area (Å²) in [5.41, 5.74) is 1.89. The zero-order valence-corrected chi connectivity index (χ0v) is 13.6. The molecule has 0 spiro atoms. The first-order valence-electron chi connectivity index (χ1n) is 7.67. The summed E-state index contributed by atoms with van der Waals surface area (Å²) >= 11 is 1.66. The minimum absolute atomic E-state index is 0.168. The highest BCUT2D eigenvalue weighted by molar-refractivity contribution is 7.98. The zero-order valence-electron chi connectivity index (χ0n) is 12.8. The van der Waals surface area contributed by atoms with Crippen molar-refractivity contribution in [2.45, 2.75) is 23.8 Å². The van der Waals surface area contributed by atoms with E-state index in [0.717, 1.165) is 41.3 Å². The predicted molar refractivity (Wildman–Crippen MR) is 90.5 cm³/mol. The minimum Gasteiger partial charge on any atom is -0.348 e. The third kappa shape index (κ3) is 2.57. The first kappa shape index (κ1) is 14.5. The van der Waals surface area contributed by atoms with Gasteiger partial charge in [0.05, 0.1) is 6.04 Å². The van der Waals surface area contributed by atoms with E-state index in [1.807, 2.05) is 30.7 Å². The van der Waals surface area contributed by atoms with E-state index < -0.39 is 0 Å². The van der Waals surface area contributed by atoms with Gasteiger partial charge in [0.2, 0.25) is 0 Å². The molecule has 4 nitrogen and oxygen atoms in total. The first-order valence-corrected chi connectivity index (χ1v) is 8.89. The fourth-order valence-corrected chi connectivity index (χ4v) is 3.92. The molecular weight excluding hydrogens is 311 g/mol. The number of rotatable bonds is 3. The fourth-order valence-electron chi connectivity index (χ4n) is 3.29. The van der Waals surface area contributed by atoms with E-state index in [-0.39, 0.29) is 11.9 Å². The highest BCUT2D eigenvalue weighted by atomic mass is 32.2. The Labute approximate surface area is 138 Å². The number of halogens is 1. The van der Waals surface area contributed by atoms with Crippen molar-refractivity contribution in [2.75, 3.05) is 17.7 Å². The summed E-state index contributed by atoms with van der Waals surface area (Å²) in [7, 11) is 0. The lowest BCUT2D eigenvalue weighted by atomic mass is 10.0. The van der Waals surface area contributed by atoms with Gasteiger partial charge in [-0.05, 0) is 55.0 Å². The molecule has 0 aliphatic carbocycles. The van der Waals surface area contributed by atoms with Crippen LogP contribution in [0, 0.1) is 5.82 Å². The molecule has 1 fully saturated rings. The van der Waals surface area contributed by atoms with Crippen molar-refractivity contribution < 1.29 is 4.39 Å². The third-order valence-corrected chi connectivity index (χ3v) is 5.15. The van der Waals surface area contributed by atoms with Gasteiger partial charge in [-0.15, -0.1) is 16.9 Å². The highest BCUT2D eigenvalue weighted by Crippen LogP contribution is 2.39. The predicted octanol–water partition coefficient (Wildman–Crippen LogP) is 3.93. The molecule has 1 aliphatic heterocycles. The fraction of sp³-hybridized carbons (Fsp3) is 0.294. The van der Waals surface area contributed by atoms with Gasteiger partial charge >= 0.3 is 0 Å². The summed E-state index contributed by atoms with van der Waals surface area (Å²) in [4.78, 5) is 7.63. The van der Waals surface area contributed by atoms with Crippen LogP contribution in [0.15, 0.2) is 47.6 Å². The van der Waals surface area contributed by atoms with Crippen LogP contribution < -0.4 is 4.90 Å². The summed E-state index contributed by atoms with van der Waals surface area (Å²) in [6.45, 7) is 0.933. The van der Waals surface area contributed by atoms with Crippen molar-refractivity contribution in [3.05, 3.63) is 54.1 Å². The van der Waals surface area contributed by atoms with E-state index in [9.17, 15) is 4.39 Å². The van der Waals surface area contributed by atoms with Crippen molar-refractivity contribution >= 4 is 23.2 Å². The molecule has 4 rings (SSSR count). The number of imidazole rings is 1. The van der Waals surface area contributed by atoms with Crippen molar-refractivity contribution in [3.63, 3.8) is 0 Å². The number of benzene rings is 1. The second kappa shape index (κ2) is 5.85. The topological polar surface area (TPSA) is 33.4 Å². The normalized spacial score (nSPS) is 18.0. The van der Waals surface area contributed by atoms with E-state index in [1.54, 1.807) is 28.5 Å². The van der Waals surface area contributed by atoms with E-state index in [0.29, 0.717) is 0 Å². The van der Waals surface area contributed by atoms with Crippen LogP contribution in [0.1, 0.15) is 24.4 Å². The standard InChI is InChI=1S/C17H17FN4S/c1-23-15-5-4-12(18)11-13(15)14-3-2-9-21(14)17-7-6-16-19-8-10-22(16)20-17/h4-8,10-11,14H,2-3,9H2,1H3/t14-/m1/s1. The second-order valence-corrected chi connectivity index (χ2v) is 6.51. The number of aromatic nitrogens is 3. The molecule has 3 aromatic rings. The molecule has 0 saturated carbocycles. The molecule has 118 valence electrons. The number of nitrogens with zero attached hydrogens (tertiary/aromatic N) is 4. The van der Waals surface area contributed by atoms with Crippen molar-refractivity contribution in [1.29, 1.82) is 0 Å². The number of hydrogen-bond donors (Lipinski definition) is 0. The SMILES string of the molecule is CSc1ccc(F)cc1[C@H]1CCCN1c1ccc2nccn2n1. The van der Waals surface area contributed by atoms with Gasteiger partial charge in [0.15, 0.2) is 5.65 Å². The molecular formula is C17H17FN4S. The highest BCUT2D eigenvalue weighted by Gasteiger charge is 2.29. The summed E-state index contributed by atoms with van der Waals surface area (Å²) in [6.07, 6.45) is 7.72. The van der Waals surface area contributed by atoms with Crippen LogP contribution in [-0.2, 0) is 0 Å². The molecule has 2 aromatic heterocycles. The Balaban J connectivity index is 1.75. The van der Waals surface area contributed by atoms with Gasteiger partial charge in [-0.1, -0.05) is 0 Å². The van der Waals surface area contributed by atoms with Gasteiger partial charge in [0, 0.05) is 23.8 Å². The maximum absolute atomic E-state index is 13.8. The lowest BCUT2D eigenvalue weighted by molar-refractivity contribution is 0.613. The summed E-state index contributed by atoms with van der Waals surface area (Å²) in [6, 6.07) is 9.21. The van der Waals surface area contributed by atoms with Crippen LogP contribution in [0.25, 0.3) is 5.65 Å². The number of fused-ring (bicyclic) bond motifs is 1. The second-order valence-electron chi connectivity index (χ2n) is 5.66. The largest absolute Gasteiger partial charge is 0.348 e. The average Bonchev–Trinajstić information content (AvgIpc) is 3.23. The van der Waals surface area contributed by atoms with Crippen LogP contribution in [0.2, 0.25) is 0 Å². The molecule has 3 heterocycles. The van der Waals surface area contributed by atoms with Crippen LogP contribution in [0.4, 0.5) is 10.2 Å². The summed E-state index contributed by atoms with van der Waals surface area (Å²) in [5, 5.41) is 4.65. The molecule has 0 bridgehead atoms. The van der Waals surface area contributed by atoms with Gasteiger partial charge in [0.25, 0.3) is 0 Å². The maximum Gasteiger partial charge on any atom is 0.153 e. The lowest BCUT2D eigenvalue weighted by Crippen LogP contribution is -2.24. The molecule has 6 heteroatoms. The molecule has 1 atom stereocenters. The van der Waals surface area contributed by atoms with E-state index in [4.69, 9.17) is 0 Å². The van der Waals surface area contributed by atoms with Gasteiger partial charge in [-0.3, -0.25) is 0 Å². The number of hydrogen-bond acceptors (Lipinski definition) is 4. The molecule has 0 radical (unpaired) electrons. The van der Waals surface area contributed by atoms with Gasteiger partial charge in [-0.25, -0.2) is 13.9 Å². The molecule has 1 saturated heterocycles. The molecule has 0 amide bonds. The maximum atomic E-state index is 13.8. The van der Waals surface area contributed by atoms with Crippen molar-refractivity contribution in [2.24, 2.45) is 0 Å². The van der Waals surface area contributed by atoms with Gasteiger partial charge in [0.1, 0.15) is 11.6 Å². The van der Waals surface area contributed by atoms with Gasteiger partial charge < -0.3 is 4.90 Å². The minimum atomic E-state index is -0.178. The molecule has 23 heavy (non-hydrogen) atoms. The van der Waals surface area contributed by atoms with Crippen molar-refractivity contribution in [3.8, 4) is 0 Å². The van der Waals surface area contributed by atoms with E-state index >= 15 is 0 Å². The Bertz CT molecular complexity index is 847. The van der Waals surface area contributed by atoms with Crippen LogP contribution in [-0.4, -0.2) is 27.4 Å². The Morgan fingerprint density at radius 1 is 1.26 bits per heavy atom. The Morgan fingerprint density at radius 3 is 3.04 bits per heavy atom. The number of anilines is 1. The molecule has 1 aliphatic rings. The average molecular weight is 328 g/mol.